The Morgan fingerprint density at radius 3 is 1.58 bits per heavy atom. The van der Waals surface area contributed by atoms with Crippen molar-refractivity contribution in [2.75, 3.05) is 0 Å². The van der Waals surface area contributed by atoms with E-state index in [-0.39, 0.29) is 5.41 Å². The summed E-state index contributed by atoms with van der Waals surface area (Å²) in [6, 6.07) is 60.1. The number of hydrogen-bond donors (Lipinski definition) is 0. The summed E-state index contributed by atoms with van der Waals surface area (Å²) < 4.78 is 0. The Labute approximate surface area is 320 Å². The minimum absolute atomic E-state index is 0.0697. The highest BCUT2D eigenvalue weighted by atomic mass is 15.0. The van der Waals surface area contributed by atoms with Crippen LogP contribution in [0.4, 0.5) is 0 Å². The molecule has 0 unspecified atom stereocenters. The lowest BCUT2D eigenvalue weighted by Crippen LogP contribution is -2.15. The van der Waals surface area contributed by atoms with Gasteiger partial charge >= 0.3 is 0 Å². The molecule has 2 heterocycles. The first kappa shape index (κ1) is 32.6. The van der Waals surface area contributed by atoms with Crippen molar-refractivity contribution in [1.82, 2.24) is 19.9 Å². The number of pyridine rings is 1. The third-order valence-electron chi connectivity index (χ3n) is 11.0. The van der Waals surface area contributed by atoms with Gasteiger partial charge in [0.25, 0.3) is 0 Å². The zero-order valence-electron chi connectivity index (χ0n) is 30.6. The molecule has 0 amide bonds. The first-order valence-electron chi connectivity index (χ1n) is 18.7. The van der Waals surface area contributed by atoms with E-state index in [9.17, 15) is 0 Å². The van der Waals surface area contributed by atoms with Crippen LogP contribution in [0.3, 0.4) is 0 Å². The molecule has 1 aliphatic rings. The first-order valence-corrected chi connectivity index (χ1v) is 18.7. The van der Waals surface area contributed by atoms with Crippen molar-refractivity contribution in [3.05, 3.63) is 193 Å². The molecule has 0 saturated carbocycles. The molecule has 7 aromatic carbocycles. The Balaban J connectivity index is 0.979. The minimum Gasteiger partial charge on any atom is -0.264 e. The van der Waals surface area contributed by atoms with Gasteiger partial charge in [0.15, 0.2) is 17.5 Å². The molecule has 0 N–H and O–H groups in total. The lowest BCUT2D eigenvalue weighted by atomic mass is 9.80. The Bertz CT molecular complexity index is 2860. The van der Waals surface area contributed by atoms with E-state index in [4.69, 9.17) is 15.0 Å². The molecule has 4 heteroatoms. The molecule has 4 nitrogen and oxygen atoms in total. The summed E-state index contributed by atoms with van der Waals surface area (Å²) in [7, 11) is 0. The average Bonchev–Trinajstić information content (AvgIpc) is 3.49. The van der Waals surface area contributed by atoms with Crippen molar-refractivity contribution in [3.8, 4) is 78.7 Å². The van der Waals surface area contributed by atoms with Gasteiger partial charge in [-0.05, 0) is 84.6 Å². The summed E-state index contributed by atoms with van der Waals surface area (Å²) in [4.78, 5) is 19.2. The number of benzene rings is 7. The molecule has 0 atom stereocenters. The molecule has 55 heavy (non-hydrogen) atoms. The summed E-state index contributed by atoms with van der Waals surface area (Å²) in [5.74, 6) is 1.91. The van der Waals surface area contributed by atoms with Crippen molar-refractivity contribution >= 4 is 10.8 Å². The van der Waals surface area contributed by atoms with E-state index in [1.165, 1.54) is 44.2 Å². The van der Waals surface area contributed by atoms with Crippen molar-refractivity contribution in [3.63, 3.8) is 0 Å². The van der Waals surface area contributed by atoms with Gasteiger partial charge in [0.1, 0.15) is 0 Å². The van der Waals surface area contributed by atoms with Gasteiger partial charge in [0.2, 0.25) is 0 Å². The molecule has 0 radical (unpaired) electrons. The number of hydrogen-bond acceptors (Lipinski definition) is 4. The van der Waals surface area contributed by atoms with E-state index < -0.39 is 0 Å². The fraction of sp³-hybridized carbons (Fsp3) is 0.0588. The van der Waals surface area contributed by atoms with E-state index >= 15 is 0 Å². The maximum absolute atomic E-state index is 4.99. The summed E-state index contributed by atoms with van der Waals surface area (Å²) in [5.41, 5.74) is 15.1. The molecular weight excluding hydrogens is 669 g/mol. The van der Waals surface area contributed by atoms with E-state index in [2.05, 4.69) is 152 Å². The van der Waals surface area contributed by atoms with Gasteiger partial charge in [-0.25, -0.2) is 15.0 Å². The molecule has 0 spiro atoms. The van der Waals surface area contributed by atoms with Gasteiger partial charge in [-0.1, -0.05) is 166 Å². The van der Waals surface area contributed by atoms with Gasteiger partial charge in [0.05, 0.1) is 0 Å². The van der Waals surface area contributed by atoms with Gasteiger partial charge in [0, 0.05) is 34.5 Å². The summed E-state index contributed by atoms with van der Waals surface area (Å²) in [6.07, 6.45) is 3.66. The fourth-order valence-corrected chi connectivity index (χ4v) is 8.18. The molecule has 0 saturated heterocycles. The largest absolute Gasteiger partial charge is 0.264 e. The lowest BCUT2D eigenvalue weighted by Gasteiger charge is -2.23. The fourth-order valence-electron chi connectivity index (χ4n) is 8.18. The zero-order valence-corrected chi connectivity index (χ0v) is 30.6. The van der Waals surface area contributed by atoms with Crippen LogP contribution in [-0.4, -0.2) is 19.9 Å². The van der Waals surface area contributed by atoms with Crippen LogP contribution in [0.1, 0.15) is 25.0 Å². The van der Waals surface area contributed by atoms with E-state index in [1.807, 2.05) is 42.6 Å². The molecule has 260 valence electrons. The van der Waals surface area contributed by atoms with E-state index in [1.54, 1.807) is 6.20 Å². The quantitative estimate of drug-likeness (QED) is 0.173. The Kier molecular flexibility index (Phi) is 7.77. The summed E-state index contributed by atoms with van der Waals surface area (Å²) in [6.45, 7) is 4.71. The number of fused-ring (bicyclic) bond motifs is 5. The van der Waals surface area contributed by atoms with Crippen LogP contribution in [0.15, 0.2) is 182 Å². The number of aromatic nitrogens is 4. The Hall–Kier alpha value is -7.04. The Morgan fingerprint density at radius 2 is 0.909 bits per heavy atom. The van der Waals surface area contributed by atoms with Crippen molar-refractivity contribution in [2.45, 2.75) is 19.3 Å². The predicted molar refractivity (Wildman–Crippen MR) is 225 cm³/mol. The monoisotopic (exact) mass is 704 g/mol. The maximum Gasteiger partial charge on any atom is 0.164 e. The van der Waals surface area contributed by atoms with Gasteiger partial charge in [-0.3, -0.25) is 4.98 Å². The number of rotatable bonds is 6. The molecule has 0 bridgehead atoms. The molecule has 0 fully saturated rings. The van der Waals surface area contributed by atoms with Gasteiger partial charge in [-0.15, -0.1) is 0 Å². The highest BCUT2D eigenvalue weighted by Crippen LogP contribution is 2.52. The molecular formula is C51H36N4. The maximum atomic E-state index is 4.99. The van der Waals surface area contributed by atoms with E-state index in [0.717, 1.165) is 38.9 Å². The second kappa shape index (κ2) is 13.1. The van der Waals surface area contributed by atoms with Crippen LogP contribution in [0.5, 0.6) is 0 Å². The van der Waals surface area contributed by atoms with Crippen LogP contribution in [0.25, 0.3) is 89.4 Å². The third-order valence-corrected chi connectivity index (χ3v) is 11.0. The highest BCUT2D eigenvalue weighted by molar-refractivity contribution is 5.98. The lowest BCUT2D eigenvalue weighted by molar-refractivity contribution is 0.666. The second-order valence-corrected chi connectivity index (χ2v) is 14.7. The van der Waals surface area contributed by atoms with Crippen LogP contribution in [-0.2, 0) is 5.41 Å². The normalized spacial score (nSPS) is 12.7. The summed E-state index contributed by atoms with van der Waals surface area (Å²) in [5, 5.41) is 2.63. The van der Waals surface area contributed by atoms with Gasteiger partial charge in [-0.2, -0.15) is 0 Å². The molecule has 9 aromatic rings. The number of nitrogens with zero attached hydrogens (tertiary/aromatic N) is 4. The molecule has 2 aromatic heterocycles. The highest BCUT2D eigenvalue weighted by Gasteiger charge is 2.36. The van der Waals surface area contributed by atoms with Gasteiger partial charge < -0.3 is 0 Å². The zero-order chi connectivity index (χ0) is 36.9. The smallest absolute Gasteiger partial charge is 0.164 e. The van der Waals surface area contributed by atoms with Crippen LogP contribution < -0.4 is 0 Å². The molecule has 10 rings (SSSR count). The van der Waals surface area contributed by atoms with Crippen LogP contribution >= 0.6 is 0 Å². The Morgan fingerprint density at radius 1 is 0.382 bits per heavy atom. The SMILES string of the molecule is CC1(C)c2ccc(-c3cccc(-c4ccc(-c5nc(-c6ccccc6)nc(-c6ccc(-c7cccnc7)cc6)n5)cc4)c3)cc2-c2ccc3ccccc3c21. The van der Waals surface area contributed by atoms with Crippen LogP contribution in [0, 0.1) is 0 Å². The standard InChI is InChI=1S/C51H36N4/c1-51(2)46-28-26-41(31-45(46)44-27-25-35-10-6-7-16-43(35)47(44)51)40-14-8-13-39(30-40)33-17-21-37(22-18-33)49-53-48(36-11-4-3-5-12-36)54-50(55-49)38-23-19-34(20-24-38)42-15-9-29-52-32-42/h3-32H,1-2H3. The molecule has 0 aliphatic heterocycles. The molecule has 1 aliphatic carbocycles. The van der Waals surface area contributed by atoms with Crippen molar-refractivity contribution in [2.24, 2.45) is 0 Å². The van der Waals surface area contributed by atoms with Crippen molar-refractivity contribution in [1.29, 1.82) is 0 Å². The van der Waals surface area contributed by atoms with Crippen LogP contribution in [0.2, 0.25) is 0 Å². The minimum atomic E-state index is -0.0697. The van der Waals surface area contributed by atoms with E-state index in [0.29, 0.717) is 17.5 Å². The van der Waals surface area contributed by atoms with Crippen molar-refractivity contribution < 1.29 is 0 Å². The topological polar surface area (TPSA) is 51.6 Å². The predicted octanol–water partition coefficient (Wildman–Crippen LogP) is 12.7. The summed E-state index contributed by atoms with van der Waals surface area (Å²) >= 11 is 0. The second-order valence-electron chi connectivity index (χ2n) is 14.7. The average molecular weight is 705 g/mol. The third kappa shape index (κ3) is 5.80. The first-order chi connectivity index (χ1) is 27.0.